The highest BCUT2D eigenvalue weighted by Gasteiger charge is 2.24. The monoisotopic (exact) mass is 317 g/mol. The van der Waals surface area contributed by atoms with E-state index in [-0.39, 0.29) is 12.1 Å². The van der Waals surface area contributed by atoms with Gasteiger partial charge in [0.2, 0.25) is 0 Å². The first-order valence-electron chi connectivity index (χ1n) is 7.06. The van der Waals surface area contributed by atoms with Crippen molar-refractivity contribution < 1.29 is 4.79 Å². The minimum atomic E-state index is -0.261. The van der Waals surface area contributed by atoms with Crippen LogP contribution in [0, 0.1) is 0 Å². The van der Waals surface area contributed by atoms with E-state index in [0.29, 0.717) is 5.82 Å². The van der Waals surface area contributed by atoms with Gasteiger partial charge in [-0.2, -0.15) is 5.10 Å². The zero-order valence-corrected chi connectivity index (χ0v) is 12.6. The maximum atomic E-state index is 11.9. The lowest BCUT2D eigenvalue weighted by Gasteiger charge is -2.19. The highest BCUT2D eigenvalue weighted by atomic mass is 35.5. The van der Waals surface area contributed by atoms with Crippen LogP contribution in [-0.4, -0.2) is 35.4 Å². The van der Waals surface area contributed by atoms with Gasteiger partial charge in [-0.25, -0.2) is 4.79 Å². The molecule has 0 aliphatic carbocycles. The topological polar surface area (TPSA) is 70.1 Å². The lowest BCUT2D eigenvalue weighted by Crippen LogP contribution is -2.39. The Morgan fingerprint density at radius 3 is 2.82 bits per heavy atom. The van der Waals surface area contributed by atoms with Crippen molar-refractivity contribution in [1.29, 1.82) is 0 Å². The molecule has 2 heterocycles. The van der Waals surface area contributed by atoms with Gasteiger partial charge < -0.3 is 10.2 Å². The van der Waals surface area contributed by atoms with Gasteiger partial charge in [0.25, 0.3) is 0 Å². The molecule has 114 valence electrons. The average Bonchev–Trinajstić information content (AvgIpc) is 2.97. The Bertz CT molecular complexity index is 634. The van der Waals surface area contributed by atoms with Gasteiger partial charge in [-0.3, -0.25) is 5.32 Å². The molecule has 1 fully saturated rings. The summed E-state index contributed by atoms with van der Waals surface area (Å²) in [5, 5.41) is 13.9. The molecular weight excluding hydrogens is 302 g/mol. The second-order valence-corrected chi connectivity index (χ2v) is 5.55. The molecule has 1 saturated heterocycles. The van der Waals surface area contributed by atoms with Crippen LogP contribution in [0.15, 0.2) is 42.6 Å². The van der Waals surface area contributed by atoms with Crippen LogP contribution in [0.5, 0.6) is 0 Å². The molecule has 0 radical (unpaired) electrons. The first-order chi connectivity index (χ1) is 10.7. The number of rotatable bonds is 3. The maximum Gasteiger partial charge on any atom is 0.320 e. The number of urea groups is 1. The minimum Gasteiger partial charge on any atom is -0.369 e. The molecule has 1 aliphatic rings. The second kappa shape index (κ2) is 6.62. The third-order valence-electron chi connectivity index (χ3n) is 3.53. The van der Waals surface area contributed by atoms with E-state index in [1.165, 1.54) is 0 Å². The van der Waals surface area contributed by atoms with Crippen molar-refractivity contribution >= 4 is 29.1 Å². The minimum absolute atomic E-state index is 0.104. The van der Waals surface area contributed by atoms with E-state index >= 15 is 0 Å². The number of aromatic nitrogens is 2. The summed E-state index contributed by atoms with van der Waals surface area (Å²) in [6.45, 7) is 1.67. The molecule has 3 rings (SSSR count). The number of halogens is 1. The summed E-state index contributed by atoms with van der Waals surface area (Å²) >= 11 is 5.90. The Hall–Kier alpha value is -2.34. The SMILES string of the molecule is O=C(Nc1cccnn1)N[C@H]1CCN(c2ccc(Cl)cc2)C1. The number of benzene rings is 1. The molecule has 2 N–H and O–H groups in total. The van der Waals surface area contributed by atoms with E-state index in [9.17, 15) is 4.79 Å². The third kappa shape index (κ3) is 3.65. The first-order valence-corrected chi connectivity index (χ1v) is 7.44. The largest absolute Gasteiger partial charge is 0.369 e. The summed E-state index contributed by atoms with van der Waals surface area (Å²) < 4.78 is 0. The third-order valence-corrected chi connectivity index (χ3v) is 3.78. The van der Waals surface area contributed by atoms with E-state index in [0.717, 1.165) is 30.2 Å². The van der Waals surface area contributed by atoms with Crippen LogP contribution in [-0.2, 0) is 0 Å². The molecule has 0 saturated carbocycles. The van der Waals surface area contributed by atoms with Crippen molar-refractivity contribution in [3.05, 3.63) is 47.6 Å². The molecule has 22 heavy (non-hydrogen) atoms. The molecule has 0 unspecified atom stereocenters. The summed E-state index contributed by atoms with van der Waals surface area (Å²) in [7, 11) is 0. The summed E-state index contributed by atoms with van der Waals surface area (Å²) in [4.78, 5) is 14.2. The fourth-order valence-corrected chi connectivity index (χ4v) is 2.60. The van der Waals surface area contributed by atoms with E-state index in [2.05, 4.69) is 25.7 Å². The Morgan fingerprint density at radius 2 is 2.09 bits per heavy atom. The van der Waals surface area contributed by atoms with Gasteiger partial charge in [0, 0.05) is 36.0 Å². The van der Waals surface area contributed by atoms with E-state index < -0.39 is 0 Å². The van der Waals surface area contributed by atoms with Crippen molar-refractivity contribution in [1.82, 2.24) is 15.5 Å². The van der Waals surface area contributed by atoms with Crippen molar-refractivity contribution in [3.8, 4) is 0 Å². The van der Waals surface area contributed by atoms with Gasteiger partial charge in [-0.05, 0) is 42.8 Å². The smallest absolute Gasteiger partial charge is 0.320 e. The Balaban J connectivity index is 1.52. The Labute approximate surface area is 133 Å². The van der Waals surface area contributed by atoms with Crippen molar-refractivity contribution in [3.63, 3.8) is 0 Å². The number of carbonyl (C=O) groups excluding carboxylic acids is 1. The maximum absolute atomic E-state index is 11.9. The van der Waals surface area contributed by atoms with Crippen LogP contribution >= 0.6 is 11.6 Å². The van der Waals surface area contributed by atoms with Gasteiger partial charge in [0.15, 0.2) is 5.82 Å². The molecule has 2 aromatic rings. The van der Waals surface area contributed by atoms with Gasteiger partial charge in [0.05, 0.1) is 0 Å². The molecule has 1 atom stereocenters. The van der Waals surface area contributed by atoms with Crippen LogP contribution in [0.25, 0.3) is 0 Å². The molecule has 0 spiro atoms. The molecule has 0 bridgehead atoms. The molecular formula is C15H16ClN5O. The quantitative estimate of drug-likeness (QED) is 0.912. The molecule has 1 aromatic heterocycles. The van der Waals surface area contributed by atoms with Crippen LogP contribution in [0.4, 0.5) is 16.3 Å². The molecule has 1 aliphatic heterocycles. The first kappa shape index (κ1) is 14.6. The van der Waals surface area contributed by atoms with Gasteiger partial charge >= 0.3 is 6.03 Å². The van der Waals surface area contributed by atoms with Crippen molar-refractivity contribution in [2.75, 3.05) is 23.3 Å². The lowest BCUT2D eigenvalue weighted by molar-refractivity contribution is 0.249. The number of hydrogen-bond acceptors (Lipinski definition) is 4. The summed E-state index contributed by atoms with van der Waals surface area (Å²) in [6, 6.07) is 11.0. The summed E-state index contributed by atoms with van der Waals surface area (Å²) in [5.41, 5.74) is 1.11. The Morgan fingerprint density at radius 1 is 1.27 bits per heavy atom. The number of carbonyl (C=O) groups is 1. The van der Waals surface area contributed by atoms with Crippen LogP contribution < -0.4 is 15.5 Å². The predicted octanol–water partition coefficient (Wildman–Crippen LogP) is 2.53. The van der Waals surface area contributed by atoms with Crippen LogP contribution in [0.2, 0.25) is 5.02 Å². The number of anilines is 2. The van der Waals surface area contributed by atoms with Gasteiger partial charge in [-0.1, -0.05) is 11.6 Å². The average molecular weight is 318 g/mol. The molecule has 6 nitrogen and oxygen atoms in total. The lowest BCUT2D eigenvalue weighted by atomic mass is 10.3. The van der Waals surface area contributed by atoms with Gasteiger partial charge in [0.1, 0.15) is 0 Å². The van der Waals surface area contributed by atoms with E-state index in [1.807, 2.05) is 24.3 Å². The van der Waals surface area contributed by atoms with Gasteiger partial charge in [-0.15, -0.1) is 5.10 Å². The standard InChI is InChI=1S/C15H16ClN5O/c16-11-3-5-13(6-4-11)21-9-7-12(10-21)18-15(22)19-14-2-1-8-17-20-14/h1-6,8,12H,7,9-10H2,(H2,18,19,20,22)/t12-/m0/s1. The van der Waals surface area contributed by atoms with E-state index in [4.69, 9.17) is 11.6 Å². The zero-order chi connectivity index (χ0) is 15.4. The Kier molecular flexibility index (Phi) is 4.39. The number of nitrogens with zero attached hydrogens (tertiary/aromatic N) is 3. The van der Waals surface area contributed by atoms with Crippen molar-refractivity contribution in [2.24, 2.45) is 0 Å². The fraction of sp³-hybridized carbons (Fsp3) is 0.267. The highest BCUT2D eigenvalue weighted by Crippen LogP contribution is 2.22. The van der Waals surface area contributed by atoms with E-state index in [1.54, 1.807) is 18.3 Å². The van der Waals surface area contributed by atoms with Crippen LogP contribution in [0.3, 0.4) is 0 Å². The molecule has 1 aromatic carbocycles. The predicted molar refractivity (Wildman–Crippen MR) is 86.3 cm³/mol. The zero-order valence-electron chi connectivity index (χ0n) is 11.9. The summed E-state index contributed by atoms with van der Waals surface area (Å²) in [5.74, 6) is 0.438. The number of amides is 2. The normalized spacial score (nSPS) is 17.3. The molecule has 7 heteroatoms. The van der Waals surface area contributed by atoms with Crippen LogP contribution in [0.1, 0.15) is 6.42 Å². The number of hydrogen-bond donors (Lipinski definition) is 2. The number of nitrogens with one attached hydrogen (secondary N) is 2. The fourth-order valence-electron chi connectivity index (χ4n) is 2.47. The summed E-state index contributed by atoms with van der Waals surface area (Å²) in [6.07, 6.45) is 2.46. The second-order valence-electron chi connectivity index (χ2n) is 5.12. The molecule has 2 amide bonds. The highest BCUT2D eigenvalue weighted by molar-refractivity contribution is 6.30. The van der Waals surface area contributed by atoms with Crippen molar-refractivity contribution in [2.45, 2.75) is 12.5 Å².